The molecule has 0 aliphatic heterocycles. The number of benzene rings is 1. The van der Waals surface area contributed by atoms with Crippen molar-refractivity contribution in [2.75, 3.05) is 0 Å². The quantitative estimate of drug-likeness (QED) is 0.657. The summed E-state index contributed by atoms with van der Waals surface area (Å²) in [5.74, 6) is 0.633. The zero-order valence-corrected chi connectivity index (χ0v) is 13.3. The van der Waals surface area contributed by atoms with Gasteiger partial charge in [-0.25, -0.2) is 4.39 Å². The molecule has 1 aromatic heterocycles. The Morgan fingerprint density at radius 1 is 1.09 bits per heavy atom. The van der Waals surface area contributed by atoms with Gasteiger partial charge in [-0.2, -0.15) is 0 Å². The highest BCUT2D eigenvalue weighted by atomic mass is 19.1. The minimum atomic E-state index is -0.198. The predicted octanol–water partition coefficient (Wildman–Crippen LogP) is 5.57. The molecule has 0 N–H and O–H groups in total. The summed E-state index contributed by atoms with van der Waals surface area (Å²) in [5.41, 5.74) is 4.62. The van der Waals surface area contributed by atoms with Gasteiger partial charge in [0.05, 0.1) is 5.69 Å². The molecule has 0 saturated heterocycles. The summed E-state index contributed by atoms with van der Waals surface area (Å²) in [5, 5.41) is 0. The SMILES string of the molecule is CCCCC[C@H]1CCc2nc(-c3ccc(F)cc3)ccc2C1. The van der Waals surface area contributed by atoms with Crippen molar-refractivity contribution in [3.05, 3.63) is 53.5 Å². The Hall–Kier alpha value is -1.70. The average Bonchev–Trinajstić information content (AvgIpc) is 2.55. The predicted molar refractivity (Wildman–Crippen MR) is 89.3 cm³/mol. The number of aryl methyl sites for hydroxylation is 1. The van der Waals surface area contributed by atoms with Gasteiger partial charge >= 0.3 is 0 Å². The topological polar surface area (TPSA) is 12.9 Å². The molecule has 1 aliphatic rings. The van der Waals surface area contributed by atoms with Gasteiger partial charge in [0.2, 0.25) is 0 Å². The molecule has 1 atom stereocenters. The molecule has 0 unspecified atom stereocenters. The van der Waals surface area contributed by atoms with Crippen LogP contribution in [0.4, 0.5) is 4.39 Å². The number of nitrogens with zero attached hydrogens (tertiary/aromatic N) is 1. The molecule has 3 rings (SSSR count). The van der Waals surface area contributed by atoms with Crippen LogP contribution in [0.2, 0.25) is 0 Å². The Kier molecular flexibility index (Phi) is 4.87. The second-order valence-electron chi connectivity index (χ2n) is 6.41. The van der Waals surface area contributed by atoms with E-state index in [0.29, 0.717) is 0 Å². The second kappa shape index (κ2) is 7.04. The first-order valence-corrected chi connectivity index (χ1v) is 8.51. The number of unbranched alkanes of at least 4 members (excludes halogenated alkanes) is 2. The van der Waals surface area contributed by atoms with E-state index in [2.05, 4.69) is 19.1 Å². The molecule has 0 fully saturated rings. The fourth-order valence-corrected chi connectivity index (χ4v) is 3.40. The fraction of sp³-hybridized carbons (Fsp3) is 0.450. The molecule has 116 valence electrons. The Morgan fingerprint density at radius 2 is 1.91 bits per heavy atom. The second-order valence-corrected chi connectivity index (χ2v) is 6.41. The van der Waals surface area contributed by atoms with E-state index in [0.717, 1.165) is 23.6 Å². The van der Waals surface area contributed by atoms with Gasteiger partial charge in [-0.3, -0.25) is 4.98 Å². The molecule has 0 spiro atoms. The van der Waals surface area contributed by atoms with E-state index in [1.807, 2.05) is 0 Å². The molecule has 1 heterocycles. The van der Waals surface area contributed by atoms with Crippen molar-refractivity contribution in [2.45, 2.75) is 51.9 Å². The normalized spacial score (nSPS) is 17.3. The van der Waals surface area contributed by atoms with Gasteiger partial charge in [0.15, 0.2) is 0 Å². The van der Waals surface area contributed by atoms with Crippen molar-refractivity contribution in [1.82, 2.24) is 4.98 Å². The highest BCUT2D eigenvalue weighted by molar-refractivity contribution is 5.59. The first-order chi connectivity index (χ1) is 10.8. The number of halogens is 1. The molecule has 0 saturated carbocycles. The number of fused-ring (bicyclic) bond motifs is 1. The van der Waals surface area contributed by atoms with Crippen LogP contribution in [0.25, 0.3) is 11.3 Å². The minimum Gasteiger partial charge on any atom is -0.253 e. The van der Waals surface area contributed by atoms with Crippen LogP contribution >= 0.6 is 0 Å². The van der Waals surface area contributed by atoms with Crippen LogP contribution in [0.5, 0.6) is 0 Å². The van der Waals surface area contributed by atoms with E-state index >= 15 is 0 Å². The van der Waals surface area contributed by atoms with Crippen molar-refractivity contribution >= 4 is 0 Å². The van der Waals surface area contributed by atoms with Crippen molar-refractivity contribution in [2.24, 2.45) is 5.92 Å². The van der Waals surface area contributed by atoms with Gasteiger partial charge in [-0.15, -0.1) is 0 Å². The number of hydrogen-bond acceptors (Lipinski definition) is 1. The van der Waals surface area contributed by atoms with E-state index < -0.39 is 0 Å². The van der Waals surface area contributed by atoms with E-state index in [-0.39, 0.29) is 5.82 Å². The maximum absolute atomic E-state index is 13.0. The number of rotatable bonds is 5. The molecule has 0 amide bonds. The van der Waals surface area contributed by atoms with Gasteiger partial charge in [0.25, 0.3) is 0 Å². The van der Waals surface area contributed by atoms with E-state index in [1.165, 1.54) is 61.9 Å². The van der Waals surface area contributed by atoms with Crippen LogP contribution < -0.4 is 0 Å². The molecule has 1 nitrogen and oxygen atoms in total. The third-order valence-electron chi connectivity index (χ3n) is 4.72. The van der Waals surface area contributed by atoms with Crippen molar-refractivity contribution < 1.29 is 4.39 Å². The molecule has 22 heavy (non-hydrogen) atoms. The number of aromatic nitrogens is 1. The summed E-state index contributed by atoms with van der Waals surface area (Å²) in [6.07, 6.45) is 8.88. The molecule has 2 aromatic rings. The lowest BCUT2D eigenvalue weighted by molar-refractivity contribution is 0.404. The standard InChI is InChI=1S/C20H24FN/c1-2-3-4-5-15-6-12-20-17(14-15)9-13-19(22-20)16-7-10-18(21)11-8-16/h7-11,13,15H,2-6,12,14H2,1H3/t15-/m0/s1. The van der Waals surface area contributed by atoms with E-state index in [1.54, 1.807) is 12.1 Å². The lowest BCUT2D eigenvalue weighted by atomic mass is 9.83. The summed E-state index contributed by atoms with van der Waals surface area (Å²) in [4.78, 5) is 4.82. The van der Waals surface area contributed by atoms with Crippen LogP contribution in [-0.4, -0.2) is 4.98 Å². The van der Waals surface area contributed by atoms with Crippen LogP contribution in [0.1, 0.15) is 50.3 Å². The highest BCUT2D eigenvalue weighted by Gasteiger charge is 2.19. The van der Waals surface area contributed by atoms with Crippen molar-refractivity contribution in [3.63, 3.8) is 0 Å². The minimum absolute atomic E-state index is 0.198. The lowest BCUT2D eigenvalue weighted by Crippen LogP contribution is -2.15. The zero-order chi connectivity index (χ0) is 15.4. The van der Waals surface area contributed by atoms with Gasteiger partial charge in [0, 0.05) is 11.3 Å². The van der Waals surface area contributed by atoms with Crippen molar-refractivity contribution in [1.29, 1.82) is 0 Å². The summed E-state index contributed by atoms with van der Waals surface area (Å²) in [6.45, 7) is 2.26. The molecule has 1 aliphatic carbocycles. The fourth-order valence-electron chi connectivity index (χ4n) is 3.40. The third-order valence-corrected chi connectivity index (χ3v) is 4.72. The first kappa shape index (κ1) is 15.2. The van der Waals surface area contributed by atoms with Gasteiger partial charge in [-0.05, 0) is 61.1 Å². The largest absolute Gasteiger partial charge is 0.253 e. The monoisotopic (exact) mass is 297 g/mol. The molecule has 2 heteroatoms. The smallest absolute Gasteiger partial charge is 0.123 e. The molecular formula is C20H24FN. The summed E-state index contributed by atoms with van der Waals surface area (Å²) in [7, 11) is 0. The summed E-state index contributed by atoms with van der Waals surface area (Å²) in [6, 6.07) is 10.9. The Bertz CT molecular complexity index is 618. The molecule has 0 bridgehead atoms. The van der Waals surface area contributed by atoms with Crippen LogP contribution in [0, 0.1) is 11.7 Å². The van der Waals surface area contributed by atoms with Gasteiger partial charge in [0.1, 0.15) is 5.82 Å². The molecule has 0 radical (unpaired) electrons. The molecule has 1 aromatic carbocycles. The Labute approximate surface area is 132 Å². The number of pyridine rings is 1. The molecular weight excluding hydrogens is 273 g/mol. The average molecular weight is 297 g/mol. The summed E-state index contributed by atoms with van der Waals surface area (Å²) < 4.78 is 13.0. The van der Waals surface area contributed by atoms with Crippen LogP contribution in [0.15, 0.2) is 36.4 Å². The maximum atomic E-state index is 13.0. The summed E-state index contributed by atoms with van der Waals surface area (Å²) >= 11 is 0. The third kappa shape index (κ3) is 3.55. The van der Waals surface area contributed by atoms with E-state index in [4.69, 9.17) is 4.98 Å². The van der Waals surface area contributed by atoms with E-state index in [9.17, 15) is 4.39 Å². The van der Waals surface area contributed by atoms with Crippen LogP contribution in [0.3, 0.4) is 0 Å². The van der Waals surface area contributed by atoms with Gasteiger partial charge in [-0.1, -0.05) is 38.7 Å². The Morgan fingerprint density at radius 3 is 2.68 bits per heavy atom. The zero-order valence-electron chi connectivity index (χ0n) is 13.3. The maximum Gasteiger partial charge on any atom is 0.123 e. The van der Waals surface area contributed by atoms with Crippen LogP contribution in [-0.2, 0) is 12.8 Å². The highest BCUT2D eigenvalue weighted by Crippen LogP contribution is 2.30. The lowest BCUT2D eigenvalue weighted by Gasteiger charge is -2.24. The Balaban J connectivity index is 1.72. The van der Waals surface area contributed by atoms with Gasteiger partial charge < -0.3 is 0 Å². The number of hydrogen-bond donors (Lipinski definition) is 0. The first-order valence-electron chi connectivity index (χ1n) is 8.51. The van der Waals surface area contributed by atoms with Crippen molar-refractivity contribution in [3.8, 4) is 11.3 Å².